The maximum Gasteiger partial charge on any atom is 1.00 e. The number of pyridine rings is 1. The van der Waals surface area contributed by atoms with Crippen molar-refractivity contribution in [2.75, 3.05) is 0 Å². The molecule has 0 aliphatic carbocycles. The Hall–Kier alpha value is -0.714. The van der Waals surface area contributed by atoms with Crippen LogP contribution in [0, 0.1) is 11.3 Å². The predicted molar refractivity (Wildman–Crippen MR) is 53.9 cm³/mol. The van der Waals surface area contributed by atoms with Gasteiger partial charge in [-0.1, -0.05) is 13.0 Å². The van der Waals surface area contributed by atoms with Gasteiger partial charge in [-0.25, -0.2) is 4.79 Å². The molecule has 0 unspecified atom stereocenters. The Balaban J connectivity index is 0.00000256. The summed E-state index contributed by atoms with van der Waals surface area (Å²) in [5.41, 5.74) is 1.22. The van der Waals surface area contributed by atoms with Crippen LogP contribution in [0.1, 0.15) is 23.6 Å². The summed E-state index contributed by atoms with van der Waals surface area (Å²) in [6.07, 6.45) is 4.35. The van der Waals surface area contributed by atoms with E-state index in [2.05, 4.69) is 4.98 Å². The second-order valence-corrected chi connectivity index (χ2v) is 3.04. The maximum atomic E-state index is 11.1. The van der Waals surface area contributed by atoms with Crippen LogP contribution in [0.3, 0.4) is 0 Å². The van der Waals surface area contributed by atoms with Crippen molar-refractivity contribution in [1.82, 2.24) is 4.98 Å². The van der Waals surface area contributed by atoms with Crippen LogP contribution in [0.4, 0.5) is 0 Å². The van der Waals surface area contributed by atoms with Crippen LogP contribution in [-0.4, -0.2) is 16.1 Å². The molecule has 0 aliphatic rings. The first kappa shape index (κ1) is 16.3. The molecule has 1 heterocycles. The molecule has 0 atom stereocenters. The van der Waals surface area contributed by atoms with Crippen molar-refractivity contribution in [3.05, 3.63) is 34.8 Å². The first-order chi connectivity index (χ1) is 7.60. The van der Waals surface area contributed by atoms with Gasteiger partial charge < -0.3 is 10.2 Å². The summed E-state index contributed by atoms with van der Waals surface area (Å²) >= 11 is 0. The van der Waals surface area contributed by atoms with Gasteiger partial charge in [-0.2, -0.15) is 5.26 Å². The Morgan fingerprint density at radius 2 is 2.29 bits per heavy atom. The van der Waals surface area contributed by atoms with E-state index in [1.165, 1.54) is 12.4 Å². The van der Waals surface area contributed by atoms with Crippen LogP contribution in [-0.2, 0) is 11.2 Å². The Morgan fingerprint density at radius 1 is 1.65 bits per heavy atom. The van der Waals surface area contributed by atoms with Crippen LogP contribution in [0.25, 0.3) is 6.08 Å². The fourth-order valence-corrected chi connectivity index (χ4v) is 1.25. The molecule has 0 radical (unpaired) electrons. The molecular weight excluding hydrogens is 247 g/mol. The summed E-state index contributed by atoms with van der Waals surface area (Å²) in [5, 5.41) is 28.4. The first-order valence-corrected chi connectivity index (χ1v) is 4.59. The second-order valence-electron chi connectivity index (χ2n) is 3.04. The summed E-state index contributed by atoms with van der Waals surface area (Å²) in [6, 6.07) is 1.88. The number of carbonyl (C=O) groups is 1. The number of hydrogen-bond acceptors (Lipinski definition) is 4. The van der Waals surface area contributed by atoms with E-state index < -0.39 is 11.7 Å². The van der Waals surface area contributed by atoms with Crippen LogP contribution >= 0.6 is 0 Å². The molecule has 0 fully saturated rings. The van der Waals surface area contributed by atoms with Gasteiger partial charge in [-0.3, -0.25) is 4.98 Å². The quantitative estimate of drug-likeness (QED) is 0.361. The van der Waals surface area contributed by atoms with Gasteiger partial charge >= 0.3 is 57.4 Å². The largest absolute Gasteiger partial charge is 1.00 e. The van der Waals surface area contributed by atoms with Gasteiger partial charge in [0.25, 0.3) is 0 Å². The standard InChI is InChI=1S/C11H10N2O3.K/c1-2-7-5-13-6-8(4-12)9(7)3-10(14)11(15)16;/h3,5-6,14H,2H2,1H3,(H,15,16);/q;+1/p-1/b10-3-;. The normalized spacial score (nSPS) is 10.2. The molecule has 0 bridgehead atoms. The Bertz CT molecular complexity index is 492. The summed E-state index contributed by atoms with van der Waals surface area (Å²) in [7, 11) is 0. The minimum atomic E-state index is -1.54. The molecule has 1 N–H and O–H groups in total. The van der Waals surface area contributed by atoms with Gasteiger partial charge in [-0.15, -0.1) is 0 Å². The van der Waals surface area contributed by atoms with Crippen molar-refractivity contribution in [3.8, 4) is 6.07 Å². The van der Waals surface area contributed by atoms with Crippen LogP contribution in [0.5, 0.6) is 0 Å². The molecule has 6 heteroatoms. The van der Waals surface area contributed by atoms with Crippen molar-refractivity contribution < 1.29 is 66.4 Å². The average molecular weight is 256 g/mol. The van der Waals surface area contributed by atoms with Crippen LogP contribution in [0.2, 0.25) is 0 Å². The number of carboxylic acid groups (broad SMARTS) is 1. The van der Waals surface area contributed by atoms with Crippen LogP contribution < -0.4 is 56.5 Å². The van der Waals surface area contributed by atoms with E-state index in [4.69, 9.17) is 10.4 Å². The van der Waals surface area contributed by atoms with Crippen molar-refractivity contribution in [2.24, 2.45) is 0 Å². The summed E-state index contributed by atoms with van der Waals surface area (Å²) in [5.74, 6) is -2.58. The van der Waals surface area contributed by atoms with Crippen LogP contribution in [0.15, 0.2) is 18.2 Å². The van der Waals surface area contributed by atoms with Gasteiger partial charge in [-0.05, 0) is 23.3 Å². The Kier molecular flexibility index (Phi) is 7.26. The van der Waals surface area contributed by atoms with E-state index in [9.17, 15) is 9.90 Å². The average Bonchev–Trinajstić information content (AvgIpc) is 2.29. The van der Waals surface area contributed by atoms with E-state index in [0.717, 1.165) is 6.08 Å². The molecule has 5 nitrogen and oxygen atoms in total. The molecule has 17 heavy (non-hydrogen) atoms. The third-order valence-corrected chi connectivity index (χ3v) is 2.06. The van der Waals surface area contributed by atoms with E-state index in [0.29, 0.717) is 17.5 Å². The molecular formula is C11H9KN2O3. The van der Waals surface area contributed by atoms with Crippen molar-refractivity contribution in [1.29, 1.82) is 5.26 Å². The smallest absolute Gasteiger partial charge is 0.868 e. The number of carboxylic acids is 1. The van der Waals surface area contributed by atoms with E-state index in [-0.39, 0.29) is 56.9 Å². The number of aryl methyl sites for hydroxylation is 1. The number of aromatic nitrogens is 1. The molecule has 0 aromatic carbocycles. The Morgan fingerprint density at radius 3 is 2.76 bits per heavy atom. The molecule has 0 aliphatic heterocycles. The first-order valence-electron chi connectivity index (χ1n) is 4.59. The molecule has 1 rings (SSSR count). The van der Waals surface area contributed by atoms with Gasteiger partial charge in [0.2, 0.25) is 0 Å². The van der Waals surface area contributed by atoms with Gasteiger partial charge in [0.15, 0.2) is 0 Å². The number of hydrogen-bond donors (Lipinski definition) is 1. The molecule has 0 saturated heterocycles. The zero-order valence-corrected chi connectivity index (χ0v) is 12.7. The Labute approximate surface area is 141 Å². The monoisotopic (exact) mass is 256 g/mol. The number of rotatable bonds is 3. The molecule has 0 spiro atoms. The zero-order valence-electron chi connectivity index (χ0n) is 9.60. The molecule has 82 valence electrons. The SMILES string of the molecule is CCc1cncc(C#N)c1/C=C(\[O-])C(=O)O.[K+]. The topological polar surface area (TPSA) is 97.0 Å². The fraction of sp³-hybridized carbons (Fsp3) is 0.182. The molecule has 1 aromatic heterocycles. The van der Waals surface area contributed by atoms with E-state index >= 15 is 0 Å². The van der Waals surface area contributed by atoms with Gasteiger partial charge in [0.1, 0.15) is 6.07 Å². The summed E-state index contributed by atoms with van der Waals surface area (Å²) in [4.78, 5) is 14.3. The third kappa shape index (κ3) is 4.22. The van der Waals surface area contributed by atoms with E-state index in [1.54, 1.807) is 0 Å². The minimum Gasteiger partial charge on any atom is -0.868 e. The number of nitrogens with zero attached hydrogens (tertiary/aromatic N) is 2. The number of aliphatic carboxylic acids is 1. The van der Waals surface area contributed by atoms with Crippen molar-refractivity contribution >= 4 is 12.0 Å². The number of nitriles is 1. The second kappa shape index (κ2) is 7.58. The fourth-order valence-electron chi connectivity index (χ4n) is 1.25. The predicted octanol–water partition coefficient (Wildman–Crippen LogP) is -2.69. The summed E-state index contributed by atoms with van der Waals surface area (Å²) in [6.45, 7) is 1.83. The molecule has 0 amide bonds. The third-order valence-electron chi connectivity index (χ3n) is 2.06. The van der Waals surface area contributed by atoms with Gasteiger partial charge in [0.05, 0.1) is 5.56 Å². The van der Waals surface area contributed by atoms with Crippen molar-refractivity contribution in [3.63, 3.8) is 0 Å². The van der Waals surface area contributed by atoms with Gasteiger partial charge in [0, 0.05) is 12.4 Å². The van der Waals surface area contributed by atoms with E-state index in [1.807, 2.05) is 13.0 Å². The summed E-state index contributed by atoms with van der Waals surface area (Å²) < 4.78 is 0. The van der Waals surface area contributed by atoms with Crippen molar-refractivity contribution in [2.45, 2.75) is 13.3 Å². The molecule has 0 saturated carbocycles. The molecule has 1 aromatic rings. The zero-order chi connectivity index (χ0) is 12.1. The maximum absolute atomic E-state index is 11.1. The minimum absolute atomic E-state index is 0.